The first kappa shape index (κ1) is 20.5. The van der Waals surface area contributed by atoms with Crippen molar-refractivity contribution in [3.05, 3.63) is 46.8 Å². The van der Waals surface area contributed by atoms with E-state index in [1.165, 1.54) is 0 Å². The van der Waals surface area contributed by atoms with Gasteiger partial charge in [0.05, 0.1) is 11.8 Å². The van der Waals surface area contributed by atoms with Gasteiger partial charge in [-0.25, -0.2) is 4.79 Å². The molecule has 0 radical (unpaired) electrons. The Morgan fingerprint density at radius 3 is 2.75 bits per heavy atom. The zero-order chi connectivity index (χ0) is 20.4. The van der Waals surface area contributed by atoms with Crippen LogP contribution in [0, 0.1) is 13.8 Å². The Labute approximate surface area is 169 Å². The number of ether oxygens (including phenoxy) is 1. The number of esters is 1. The number of hydrogen-bond donors (Lipinski definition) is 2. The van der Waals surface area contributed by atoms with Crippen LogP contribution >= 0.6 is 11.8 Å². The number of rotatable bonds is 4. The molecule has 7 heteroatoms. The first-order valence-electron chi connectivity index (χ1n) is 9.40. The van der Waals surface area contributed by atoms with Crippen molar-refractivity contribution in [2.24, 2.45) is 0 Å². The number of nitrogens with one attached hydrogen (secondary N) is 1. The van der Waals surface area contributed by atoms with Crippen LogP contribution in [0.1, 0.15) is 53.7 Å². The number of aryl methyl sites for hydroxylation is 1. The number of benzene rings is 1. The number of amides is 1. The van der Waals surface area contributed by atoms with Gasteiger partial charge in [-0.2, -0.15) is 0 Å². The van der Waals surface area contributed by atoms with Crippen molar-refractivity contribution in [1.29, 1.82) is 0 Å². The molecule has 150 valence electrons. The molecule has 0 fully saturated rings. The molecule has 0 spiro atoms. The molecule has 28 heavy (non-hydrogen) atoms. The monoisotopic (exact) mass is 402 g/mol. The summed E-state index contributed by atoms with van der Waals surface area (Å²) < 4.78 is 5.30. The van der Waals surface area contributed by atoms with Gasteiger partial charge >= 0.3 is 5.97 Å². The number of thioether (sulfide) groups is 1. The molecular formula is C21H26N2O4S. The maximum Gasteiger partial charge on any atom is 0.355 e. The number of anilines is 1. The van der Waals surface area contributed by atoms with Crippen LogP contribution in [0.3, 0.4) is 0 Å². The molecule has 1 aromatic heterocycles. The van der Waals surface area contributed by atoms with Crippen LogP contribution in [0.25, 0.3) is 0 Å². The third kappa shape index (κ3) is 4.10. The van der Waals surface area contributed by atoms with Gasteiger partial charge in [0.1, 0.15) is 5.69 Å². The Morgan fingerprint density at radius 2 is 2.07 bits per heavy atom. The Balaban J connectivity index is 1.72. The number of carbonyl (C=O) groups excluding carboxylic acids is 2. The predicted octanol–water partition coefficient (Wildman–Crippen LogP) is 3.76. The fourth-order valence-electron chi connectivity index (χ4n) is 3.62. The third-order valence-electron chi connectivity index (χ3n) is 4.99. The fourth-order valence-corrected chi connectivity index (χ4v) is 4.73. The van der Waals surface area contributed by atoms with Gasteiger partial charge in [-0.3, -0.25) is 4.79 Å². The van der Waals surface area contributed by atoms with Crippen molar-refractivity contribution < 1.29 is 19.4 Å². The molecular weight excluding hydrogens is 376 g/mol. The van der Waals surface area contributed by atoms with Gasteiger partial charge in [-0.05, 0) is 44.9 Å². The molecule has 0 bridgehead atoms. The Kier molecular flexibility index (Phi) is 6.15. The van der Waals surface area contributed by atoms with Gasteiger partial charge < -0.3 is 19.7 Å². The van der Waals surface area contributed by atoms with E-state index in [9.17, 15) is 14.7 Å². The van der Waals surface area contributed by atoms with Crippen LogP contribution in [-0.2, 0) is 9.53 Å². The highest BCUT2D eigenvalue weighted by molar-refractivity contribution is 8.00. The third-order valence-corrected chi connectivity index (χ3v) is 6.23. The van der Waals surface area contributed by atoms with E-state index < -0.39 is 12.1 Å². The second kappa shape index (κ2) is 8.41. The second-order valence-corrected chi connectivity index (χ2v) is 8.63. The van der Waals surface area contributed by atoms with Crippen molar-refractivity contribution in [2.75, 3.05) is 18.1 Å². The molecule has 2 aromatic rings. The van der Waals surface area contributed by atoms with E-state index in [1.54, 1.807) is 37.4 Å². The van der Waals surface area contributed by atoms with Gasteiger partial charge in [0.15, 0.2) is 6.61 Å². The number of aromatic nitrogens is 1. The molecule has 1 amide bonds. The molecule has 0 saturated heterocycles. The minimum Gasteiger partial charge on any atom is -0.451 e. The quantitative estimate of drug-likeness (QED) is 0.761. The number of aromatic amines is 1. The lowest BCUT2D eigenvalue weighted by molar-refractivity contribution is -0.121. The highest BCUT2D eigenvalue weighted by Gasteiger charge is 2.26. The summed E-state index contributed by atoms with van der Waals surface area (Å²) >= 11 is 1.75. The van der Waals surface area contributed by atoms with E-state index in [-0.39, 0.29) is 18.2 Å². The van der Waals surface area contributed by atoms with E-state index in [2.05, 4.69) is 11.9 Å². The average molecular weight is 403 g/mol. The lowest BCUT2D eigenvalue weighted by atomic mass is 10.1. The first-order valence-corrected chi connectivity index (χ1v) is 10.3. The largest absolute Gasteiger partial charge is 0.451 e. The zero-order valence-corrected chi connectivity index (χ0v) is 17.4. The average Bonchev–Trinajstić information content (AvgIpc) is 2.84. The fraction of sp³-hybridized carbons (Fsp3) is 0.429. The standard InChI is InChI=1S/C21H26N2O4S/c1-12-9-10-23(16-7-5-6-8-17(16)28-12)18(25)11-27-21(26)20-13(2)19(15(4)24)14(3)22-20/h5-8,12,15,22,24H,9-11H2,1-4H3/t12-,15-/m0/s1. The normalized spacial score (nSPS) is 17.6. The van der Waals surface area contributed by atoms with Crippen LogP contribution in [0.4, 0.5) is 5.69 Å². The lowest BCUT2D eigenvalue weighted by Gasteiger charge is -2.22. The van der Waals surface area contributed by atoms with Crippen LogP contribution in [0.15, 0.2) is 29.2 Å². The van der Waals surface area contributed by atoms with Gasteiger partial charge in [0.25, 0.3) is 5.91 Å². The van der Waals surface area contributed by atoms with Crippen molar-refractivity contribution in [2.45, 2.75) is 50.4 Å². The van der Waals surface area contributed by atoms with Crippen LogP contribution < -0.4 is 4.90 Å². The summed E-state index contributed by atoms with van der Waals surface area (Å²) in [5.41, 5.74) is 3.20. The molecule has 3 rings (SSSR count). The van der Waals surface area contributed by atoms with Crippen LogP contribution in [-0.4, -0.2) is 40.4 Å². The Morgan fingerprint density at radius 1 is 1.36 bits per heavy atom. The molecule has 1 aliphatic heterocycles. The molecule has 2 N–H and O–H groups in total. The predicted molar refractivity (Wildman–Crippen MR) is 110 cm³/mol. The number of nitrogens with zero attached hydrogens (tertiary/aromatic N) is 1. The highest BCUT2D eigenvalue weighted by Crippen LogP contribution is 2.37. The van der Waals surface area contributed by atoms with Gasteiger partial charge in [-0.15, -0.1) is 11.8 Å². The highest BCUT2D eigenvalue weighted by atomic mass is 32.2. The van der Waals surface area contributed by atoms with Crippen molar-refractivity contribution in [3.63, 3.8) is 0 Å². The van der Waals surface area contributed by atoms with Crippen LogP contribution in [0.5, 0.6) is 0 Å². The number of carbonyl (C=O) groups is 2. The number of para-hydroxylation sites is 1. The van der Waals surface area contributed by atoms with Gasteiger partial charge in [0, 0.05) is 27.9 Å². The van der Waals surface area contributed by atoms with E-state index >= 15 is 0 Å². The smallest absolute Gasteiger partial charge is 0.355 e. The maximum absolute atomic E-state index is 12.8. The summed E-state index contributed by atoms with van der Waals surface area (Å²) in [6.07, 6.45) is 0.179. The molecule has 2 atom stereocenters. The molecule has 6 nitrogen and oxygen atoms in total. The molecule has 1 aromatic carbocycles. The summed E-state index contributed by atoms with van der Waals surface area (Å²) in [5.74, 6) is -0.834. The van der Waals surface area contributed by atoms with E-state index in [1.807, 2.05) is 24.3 Å². The topological polar surface area (TPSA) is 82.6 Å². The zero-order valence-electron chi connectivity index (χ0n) is 16.6. The summed E-state index contributed by atoms with van der Waals surface area (Å²) in [7, 11) is 0. The molecule has 0 saturated carbocycles. The van der Waals surface area contributed by atoms with Gasteiger partial charge in [-0.1, -0.05) is 19.1 Å². The second-order valence-electron chi connectivity index (χ2n) is 7.15. The van der Waals surface area contributed by atoms with E-state index in [4.69, 9.17) is 4.74 Å². The lowest BCUT2D eigenvalue weighted by Crippen LogP contribution is -2.35. The summed E-state index contributed by atoms with van der Waals surface area (Å²) in [4.78, 5) is 31.0. The summed E-state index contributed by atoms with van der Waals surface area (Å²) in [5, 5.41) is 10.3. The molecule has 0 aliphatic carbocycles. The number of aliphatic hydroxyl groups excluding tert-OH is 1. The van der Waals surface area contributed by atoms with Crippen molar-refractivity contribution in [3.8, 4) is 0 Å². The van der Waals surface area contributed by atoms with E-state index in [0.29, 0.717) is 22.9 Å². The summed E-state index contributed by atoms with van der Waals surface area (Å²) in [6, 6.07) is 7.80. The number of aliphatic hydroxyl groups is 1. The number of hydrogen-bond acceptors (Lipinski definition) is 5. The van der Waals surface area contributed by atoms with E-state index in [0.717, 1.165) is 22.7 Å². The SMILES string of the molecule is Cc1[nH]c(C(=O)OCC(=O)N2CC[C@H](C)Sc3ccccc32)c(C)c1[C@H](C)O. The number of fused-ring (bicyclic) bond motifs is 1. The van der Waals surface area contributed by atoms with Gasteiger partial charge in [0.2, 0.25) is 0 Å². The van der Waals surface area contributed by atoms with Crippen molar-refractivity contribution in [1.82, 2.24) is 4.98 Å². The Hall–Kier alpha value is -2.25. The van der Waals surface area contributed by atoms with Crippen LogP contribution in [0.2, 0.25) is 0 Å². The minimum atomic E-state index is -0.687. The van der Waals surface area contributed by atoms with Crippen molar-refractivity contribution >= 4 is 29.3 Å². The minimum absolute atomic E-state index is 0.243. The Bertz CT molecular complexity index is 891. The molecule has 2 heterocycles. The maximum atomic E-state index is 12.8. The first-order chi connectivity index (χ1) is 13.3. The number of H-pyrrole nitrogens is 1. The summed E-state index contributed by atoms with van der Waals surface area (Å²) in [6.45, 7) is 7.61. The molecule has 1 aliphatic rings. The molecule has 0 unspecified atom stereocenters.